The van der Waals surface area contributed by atoms with Gasteiger partial charge in [-0.25, -0.2) is 0 Å². The highest BCUT2D eigenvalue weighted by Gasteiger charge is 2.37. The lowest BCUT2D eigenvalue weighted by Gasteiger charge is -2.27. The maximum Gasteiger partial charge on any atom is 0.242 e. The molecule has 1 aromatic carbocycles. The Morgan fingerprint density at radius 3 is 2.65 bits per heavy atom. The highest BCUT2D eigenvalue weighted by atomic mass is 16.3. The van der Waals surface area contributed by atoms with Crippen molar-refractivity contribution in [2.24, 2.45) is 0 Å². The lowest BCUT2D eigenvalue weighted by Crippen LogP contribution is -2.48. The van der Waals surface area contributed by atoms with E-state index in [2.05, 4.69) is 5.32 Å². The first-order valence-corrected chi connectivity index (χ1v) is 8.41. The Bertz CT molecular complexity index is 567. The van der Waals surface area contributed by atoms with E-state index in [1.807, 2.05) is 30.3 Å². The van der Waals surface area contributed by atoms with E-state index in [0.717, 1.165) is 31.2 Å². The number of nitrogens with one attached hydrogen (secondary N) is 1. The molecule has 2 N–H and O–H groups in total. The van der Waals surface area contributed by atoms with Gasteiger partial charge in [-0.3, -0.25) is 9.59 Å². The predicted molar refractivity (Wildman–Crippen MR) is 86.4 cm³/mol. The Morgan fingerprint density at radius 2 is 1.96 bits per heavy atom. The minimum Gasteiger partial charge on any atom is -0.388 e. The van der Waals surface area contributed by atoms with Crippen molar-refractivity contribution < 1.29 is 14.7 Å². The van der Waals surface area contributed by atoms with Crippen molar-refractivity contribution in [2.75, 3.05) is 6.54 Å². The summed E-state index contributed by atoms with van der Waals surface area (Å²) in [5.41, 5.74) is 0.262. The van der Waals surface area contributed by atoms with Crippen LogP contribution in [0.2, 0.25) is 0 Å². The number of rotatable bonds is 5. The number of hydrogen-bond donors (Lipinski definition) is 2. The number of carbonyl (C=O) groups is 2. The summed E-state index contributed by atoms with van der Waals surface area (Å²) in [7, 11) is 0. The molecule has 5 heteroatoms. The Labute approximate surface area is 136 Å². The Balaban J connectivity index is 1.60. The molecule has 124 valence electrons. The summed E-state index contributed by atoms with van der Waals surface area (Å²) >= 11 is 0. The van der Waals surface area contributed by atoms with Gasteiger partial charge in [0.2, 0.25) is 11.8 Å². The number of amides is 2. The number of nitrogens with zero attached hydrogens (tertiary/aromatic N) is 1. The first-order valence-electron chi connectivity index (χ1n) is 8.41. The van der Waals surface area contributed by atoms with Gasteiger partial charge >= 0.3 is 0 Å². The van der Waals surface area contributed by atoms with Gasteiger partial charge in [0.1, 0.15) is 6.04 Å². The van der Waals surface area contributed by atoms with E-state index in [-0.39, 0.29) is 18.4 Å². The molecule has 1 saturated heterocycles. The number of aliphatic hydroxyl groups is 1. The minimum absolute atomic E-state index is 0.0218. The first kappa shape index (κ1) is 16.0. The van der Waals surface area contributed by atoms with Crippen LogP contribution in [0.15, 0.2) is 30.3 Å². The molecule has 5 nitrogen and oxygen atoms in total. The molecule has 0 radical (unpaired) electrons. The molecule has 0 aromatic heterocycles. The molecule has 1 atom stereocenters. The van der Waals surface area contributed by atoms with Crippen LogP contribution in [-0.2, 0) is 16.1 Å². The zero-order valence-electron chi connectivity index (χ0n) is 13.3. The molecule has 0 spiro atoms. The smallest absolute Gasteiger partial charge is 0.242 e. The Hall–Kier alpha value is -1.88. The van der Waals surface area contributed by atoms with Crippen LogP contribution in [0.1, 0.15) is 44.1 Å². The maximum absolute atomic E-state index is 12.5. The van der Waals surface area contributed by atoms with Crippen LogP contribution in [-0.4, -0.2) is 40.0 Å². The molecular weight excluding hydrogens is 292 g/mol. The number of carbonyl (C=O) groups excluding carboxylic acids is 2. The van der Waals surface area contributed by atoms with E-state index in [4.69, 9.17) is 0 Å². The molecule has 2 aliphatic rings. The van der Waals surface area contributed by atoms with Crippen LogP contribution >= 0.6 is 0 Å². The fourth-order valence-corrected chi connectivity index (χ4v) is 3.56. The second-order valence-corrected chi connectivity index (χ2v) is 6.71. The summed E-state index contributed by atoms with van der Waals surface area (Å²) in [6, 6.07) is 9.29. The van der Waals surface area contributed by atoms with Crippen LogP contribution in [0.3, 0.4) is 0 Å². The molecule has 1 aliphatic heterocycles. The summed E-state index contributed by atoms with van der Waals surface area (Å²) < 4.78 is 0. The quantitative estimate of drug-likeness (QED) is 0.867. The highest BCUT2D eigenvalue weighted by molar-refractivity contribution is 5.90. The summed E-state index contributed by atoms with van der Waals surface area (Å²) in [5, 5.41) is 13.2. The van der Waals surface area contributed by atoms with Crippen LogP contribution in [0.5, 0.6) is 0 Å². The molecule has 0 bridgehead atoms. The van der Waals surface area contributed by atoms with Gasteiger partial charge in [-0.05, 0) is 24.8 Å². The zero-order chi connectivity index (χ0) is 16.3. The van der Waals surface area contributed by atoms with Crippen LogP contribution in [0.4, 0.5) is 0 Å². The van der Waals surface area contributed by atoms with Crippen LogP contribution < -0.4 is 5.32 Å². The van der Waals surface area contributed by atoms with Crippen molar-refractivity contribution in [3.05, 3.63) is 35.9 Å². The second kappa shape index (κ2) is 6.71. The lowest BCUT2D eigenvalue weighted by molar-refractivity contribution is -0.136. The molecule has 1 aliphatic carbocycles. The fourth-order valence-electron chi connectivity index (χ4n) is 3.56. The van der Waals surface area contributed by atoms with Crippen molar-refractivity contribution in [3.63, 3.8) is 0 Å². The van der Waals surface area contributed by atoms with Crippen molar-refractivity contribution >= 4 is 11.8 Å². The van der Waals surface area contributed by atoms with Gasteiger partial charge in [-0.1, -0.05) is 43.2 Å². The van der Waals surface area contributed by atoms with Crippen molar-refractivity contribution in [1.29, 1.82) is 0 Å². The van der Waals surface area contributed by atoms with Gasteiger partial charge in [-0.2, -0.15) is 0 Å². The van der Waals surface area contributed by atoms with Gasteiger partial charge in [-0.15, -0.1) is 0 Å². The van der Waals surface area contributed by atoms with E-state index in [9.17, 15) is 14.7 Å². The third-order valence-corrected chi connectivity index (χ3v) is 4.95. The lowest BCUT2D eigenvalue weighted by atomic mass is 10.0. The van der Waals surface area contributed by atoms with E-state index >= 15 is 0 Å². The van der Waals surface area contributed by atoms with Gasteiger partial charge in [0.15, 0.2) is 0 Å². The zero-order valence-corrected chi connectivity index (χ0v) is 13.3. The van der Waals surface area contributed by atoms with Crippen LogP contribution in [0, 0.1) is 0 Å². The molecule has 2 fully saturated rings. The van der Waals surface area contributed by atoms with E-state index < -0.39 is 11.6 Å². The number of hydrogen-bond acceptors (Lipinski definition) is 3. The molecule has 1 unspecified atom stereocenters. The predicted octanol–water partition coefficient (Wildman–Crippen LogP) is 1.60. The van der Waals surface area contributed by atoms with Gasteiger partial charge in [0.25, 0.3) is 0 Å². The highest BCUT2D eigenvalue weighted by Crippen LogP contribution is 2.29. The van der Waals surface area contributed by atoms with Crippen molar-refractivity contribution in [1.82, 2.24) is 10.2 Å². The summed E-state index contributed by atoms with van der Waals surface area (Å²) in [6.45, 7) is 0.748. The third-order valence-electron chi connectivity index (χ3n) is 4.95. The van der Waals surface area contributed by atoms with Gasteiger partial charge in [0.05, 0.1) is 5.60 Å². The van der Waals surface area contributed by atoms with Gasteiger partial charge < -0.3 is 15.3 Å². The minimum atomic E-state index is -0.761. The number of benzene rings is 1. The summed E-state index contributed by atoms with van der Waals surface area (Å²) in [4.78, 5) is 26.2. The van der Waals surface area contributed by atoms with Crippen molar-refractivity contribution in [3.8, 4) is 0 Å². The molecule has 1 aromatic rings. The summed E-state index contributed by atoms with van der Waals surface area (Å²) in [5.74, 6) is -0.124. The van der Waals surface area contributed by atoms with Gasteiger partial charge in [0, 0.05) is 19.5 Å². The first-order chi connectivity index (χ1) is 11.1. The molecule has 1 heterocycles. The SMILES string of the molecule is O=C(NCC1(O)CCCC1)C1CCC(=O)N1Cc1ccccc1. The average Bonchev–Trinajstić information content (AvgIpc) is 3.14. The maximum atomic E-state index is 12.5. The second-order valence-electron chi connectivity index (χ2n) is 6.71. The van der Waals surface area contributed by atoms with E-state index in [1.165, 1.54) is 0 Å². The standard InChI is InChI=1S/C18H24N2O3/c21-16-9-8-15(20(16)12-14-6-2-1-3-7-14)17(22)19-13-18(23)10-4-5-11-18/h1-3,6-7,15,23H,4-5,8-13H2,(H,19,22). The Kier molecular flexibility index (Phi) is 4.66. The normalized spacial score (nSPS) is 23.3. The fraction of sp³-hybridized carbons (Fsp3) is 0.556. The van der Waals surface area contributed by atoms with E-state index in [0.29, 0.717) is 19.4 Å². The molecular formula is C18H24N2O3. The topological polar surface area (TPSA) is 69.6 Å². The van der Waals surface area contributed by atoms with Crippen LogP contribution in [0.25, 0.3) is 0 Å². The molecule has 2 amide bonds. The average molecular weight is 316 g/mol. The molecule has 3 rings (SSSR count). The Morgan fingerprint density at radius 1 is 1.26 bits per heavy atom. The number of likely N-dealkylation sites (tertiary alicyclic amines) is 1. The van der Waals surface area contributed by atoms with Crippen molar-refractivity contribution in [2.45, 2.75) is 56.7 Å². The summed E-state index contributed by atoms with van der Waals surface area (Å²) in [6.07, 6.45) is 4.46. The largest absolute Gasteiger partial charge is 0.388 e. The monoisotopic (exact) mass is 316 g/mol. The molecule has 1 saturated carbocycles. The third kappa shape index (κ3) is 3.72. The molecule has 23 heavy (non-hydrogen) atoms. The van der Waals surface area contributed by atoms with E-state index in [1.54, 1.807) is 4.90 Å².